The second kappa shape index (κ2) is 15.2. The molecular weight excluding hydrogens is 680 g/mol. The summed E-state index contributed by atoms with van der Waals surface area (Å²) in [6, 6.07) is 60.7. The second-order valence-electron chi connectivity index (χ2n) is 15.1. The van der Waals surface area contributed by atoms with E-state index in [0.29, 0.717) is 0 Å². The van der Waals surface area contributed by atoms with E-state index >= 15 is 0 Å². The molecule has 0 fully saturated rings. The van der Waals surface area contributed by atoms with Gasteiger partial charge in [0.1, 0.15) is 0 Å². The molecule has 0 saturated heterocycles. The van der Waals surface area contributed by atoms with Gasteiger partial charge < -0.3 is 0 Å². The summed E-state index contributed by atoms with van der Waals surface area (Å²) in [5, 5.41) is 8.13. The van der Waals surface area contributed by atoms with Crippen molar-refractivity contribution in [3.63, 3.8) is 0 Å². The standard InChI is InChI=1S/C21H25.C15H11.C13H10.Zr/c1-20(2,3)16-7-9-18-14(12-16)11-15-13-17(21(4,5)6)8-10-19(15)18;1-2-6-12(7-3-1)15-11-10-13-8-4-5-9-14(13)15;1-3-7-12(8-4-1)11-13-9-5-2-6-10-13;/h7-13H,1-6H3;1-11H;1-10H;/q2*-1;;+2. The van der Waals surface area contributed by atoms with Crippen LogP contribution in [0.3, 0.4) is 0 Å². The van der Waals surface area contributed by atoms with Crippen molar-refractivity contribution in [1.82, 2.24) is 0 Å². The summed E-state index contributed by atoms with van der Waals surface area (Å²) in [6.07, 6.45) is 0. The maximum atomic E-state index is 2.35. The third-order valence-corrected chi connectivity index (χ3v) is 10.7. The van der Waals surface area contributed by atoms with Crippen molar-refractivity contribution in [2.24, 2.45) is 0 Å². The van der Waals surface area contributed by atoms with Crippen LogP contribution in [0.1, 0.15) is 63.8 Å². The van der Waals surface area contributed by atoms with Crippen molar-refractivity contribution < 1.29 is 24.2 Å². The van der Waals surface area contributed by atoms with Gasteiger partial charge in [0.05, 0.1) is 0 Å². The van der Waals surface area contributed by atoms with E-state index in [1.165, 1.54) is 93.1 Å². The Labute approximate surface area is 313 Å². The summed E-state index contributed by atoms with van der Waals surface area (Å²) in [5.41, 5.74) is 8.49. The quantitative estimate of drug-likeness (QED) is 0.159. The Morgan fingerprint density at radius 3 is 1.38 bits per heavy atom. The molecule has 0 atom stereocenters. The topological polar surface area (TPSA) is 0 Å². The van der Waals surface area contributed by atoms with E-state index < -0.39 is 0 Å². The molecule has 0 aliphatic heterocycles. The monoisotopic (exact) mass is 724 g/mol. The number of benzene rings is 6. The zero-order valence-electron chi connectivity index (χ0n) is 30.2. The van der Waals surface area contributed by atoms with Gasteiger partial charge in [0.2, 0.25) is 0 Å². The smallest absolute Gasteiger partial charge is 0.0623 e. The second-order valence-corrected chi connectivity index (χ2v) is 16.3. The summed E-state index contributed by atoms with van der Waals surface area (Å²) < 4.78 is 1.42. The Bertz CT molecular complexity index is 2210. The van der Waals surface area contributed by atoms with Crippen molar-refractivity contribution in [3.8, 4) is 11.1 Å². The van der Waals surface area contributed by atoms with Gasteiger partial charge in [-0.15, -0.1) is 86.4 Å². The minimum atomic E-state index is 0.203. The first kappa shape index (κ1) is 35.4. The first-order valence-electron chi connectivity index (χ1n) is 17.5. The van der Waals surface area contributed by atoms with Gasteiger partial charge in [-0.1, -0.05) is 119 Å². The van der Waals surface area contributed by atoms with Gasteiger partial charge in [0, 0.05) is 0 Å². The molecule has 50 heavy (non-hydrogen) atoms. The summed E-state index contributed by atoms with van der Waals surface area (Å²) >= 11 is 1.46. The molecule has 0 nitrogen and oxygen atoms in total. The van der Waals surface area contributed by atoms with E-state index in [0.717, 1.165) is 0 Å². The summed E-state index contributed by atoms with van der Waals surface area (Å²) in [5.74, 6) is 0. The van der Waals surface area contributed by atoms with Gasteiger partial charge in [-0.25, -0.2) is 0 Å². The summed E-state index contributed by atoms with van der Waals surface area (Å²) in [6.45, 7) is 13.6. The average molecular weight is 726 g/mol. The van der Waals surface area contributed by atoms with Gasteiger partial charge in [0.15, 0.2) is 0 Å². The van der Waals surface area contributed by atoms with Crippen LogP contribution in [0.5, 0.6) is 0 Å². The van der Waals surface area contributed by atoms with Gasteiger partial charge in [-0.2, -0.15) is 0 Å². The first-order valence-corrected chi connectivity index (χ1v) is 18.8. The van der Waals surface area contributed by atoms with Crippen LogP contribution in [0.15, 0.2) is 170 Å². The Morgan fingerprint density at radius 2 is 0.900 bits per heavy atom. The van der Waals surface area contributed by atoms with Gasteiger partial charge in [-0.05, 0) is 10.8 Å². The summed E-state index contributed by atoms with van der Waals surface area (Å²) in [7, 11) is 0. The van der Waals surface area contributed by atoms with Crippen LogP contribution in [-0.4, -0.2) is 3.21 Å². The van der Waals surface area contributed by atoms with Crippen LogP contribution in [0.4, 0.5) is 0 Å². The molecule has 8 aromatic carbocycles. The van der Waals surface area contributed by atoms with Crippen molar-refractivity contribution in [1.29, 1.82) is 0 Å². The molecule has 0 aromatic heterocycles. The molecule has 8 aromatic rings. The minimum Gasteiger partial charge on any atom is -0.150 e. The molecule has 0 aliphatic rings. The van der Waals surface area contributed by atoms with Gasteiger partial charge in [0.25, 0.3) is 0 Å². The fourth-order valence-electron chi connectivity index (χ4n) is 6.35. The third-order valence-electron chi connectivity index (χ3n) is 9.33. The maximum Gasteiger partial charge on any atom is -0.0623 e. The van der Waals surface area contributed by atoms with Crippen LogP contribution in [-0.2, 0) is 35.1 Å². The van der Waals surface area contributed by atoms with E-state index in [4.69, 9.17) is 0 Å². The predicted octanol–water partition coefficient (Wildman–Crippen LogP) is 13.3. The largest absolute Gasteiger partial charge is 0.150 e. The van der Waals surface area contributed by atoms with Crippen molar-refractivity contribution in [2.45, 2.75) is 52.4 Å². The number of rotatable bonds is 3. The molecule has 0 heterocycles. The van der Waals surface area contributed by atoms with E-state index in [1.807, 2.05) is 0 Å². The van der Waals surface area contributed by atoms with E-state index in [-0.39, 0.29) is 10.8 Å². The molecular formula is C49H46Zr. The van der Waals surface area contributed by atoms with Crippen molar-refractivity contribution in [3.05, 3.63) is 192 Å². The molecule has 0 radical (unpaired) electrons. The minimum absolute atomic E-state index is 0.203. The molecule has 1 heteroatoms. The van der Waals surface area contributed by atoms with Crippen LogP contribution in [0.2, 0.25) is 0 Å². The zero-order valence-corrected chi connectivity index (χ0v) is 32.6. The molecule has 0 aliphatic carbocycles. The molecule has 8 rings (SSSR count). The van der Waals surface area contributed by atoms with Crippen LogP contribution in [0.25, 0.3) is 43.4 Å². The maximum absolute atomic E-state index is 2.35. The predicted molar refractivity (Wildman–Crippen MR) is 216 cm³/mol. The Kier molecular flexibility index (Phi) is 10.8. The van der Waals surface area contributed by atoms with E-state index in [2.05, 4.69) is 211 Å². The van der Waals surface area contributed by atoms with Crippen LogP contribution >= 0.6 is 0 Å². The van der Waals surface area contributed by atoms with Crippen molar-refractivity contribution >= 4 is 35.5 Å². The Morgan fingerprint density at radius 1 is 0.460 bits per heavy atom. The van der Waals surface area contributed by atoms with Crippen LogP contribution < -0.4 is 0 Å². The Hall–Kier alpha value is -4.45. The van der Waals surface area contributed by atoms with Crippen LogP contribution in [0, 0.1) is 0 Å². The molecule has 0 spiro atoms. The Balaban J connectivity index is 0.000000133. The molecule has 246 valence electrons. The molecule has 0 amide bonds. The molecule has 0 unspecified atom stereocenters. The van der Waals surface area contributed by atoms with E-state index in [1.54, 1.807) is 0 Å². The van der Waals surface area contributed by atoms with E-state index in [9.17, 15) is 0 Å². The average Bonchev–Trinajstić information content (AvgIpc) is 3.73. The fourth-order valence-corrected chi connectivity index (χ4v) is 7.17. The van der Waals surface area contributed by atoms with Gasteiger partial charge >= 0.3 is 99.2 Å². The van der Waals surface area contributed by atoms with Gasteiger partial charge in [-0.3, -0.25) is 0 Å². The first-order chi connectivity index (χ1) is 24.0. The number of hydrogen-bond donors (Lipinski definition) is 0. The number of hydrogen-bond acceptors (Lipinski definition) is 0. The fraction of sp³-hybridized carbons (Fsp3) is 0.163. The third kappa shape index (κ3) is 8.29. The summed E-state index contributed by atoms with van der Waals surface area (Å²) in [4.78, 5) is 0. The molecule has 0 N–H and O–H groups in total. The SMILES string of the molecule is CC(C)(C)c1ccc2c(c1)[cH-]c1cc(C(C)(C)C)ccc12.[Zr+2]=[C](c1ccccc1)c1ccccc1.c1ccc(-c2c[cH-]c3ccccc23)cc1. The molecule has 0 bridgehead atoms. The zero-order chi connectivity index (χ0) is 35.3. The normalized spacial score (nSPS) is 11.5. The number of fused-ring (bicyclic) bond motifs is 4. The molecule has 0 saturated carbocycles. The van der Waals surface area contributed by atoms with Crippen molar-refractivity contribution in [2.75, 3.05) is 0 Å².